The summed E-state index contributed by atoms with van der Waals surface area (Å²) in [7, 11) is 0. The number of fused-ring (bicyclic) bond motifs is 1. The molecule has 0 unspecified atom stereocenters. The number of carbonyl (C=O) groups is 11. The summed E-state index contributed by atoms with van der Waals surface area (Å²) in [5.41, 5.74) is 11.4. The van der Waals surface area contributed by atoms with Crippen LogP contribution in [-0.2, 0) is 71.9 Å². The van der Waals surface area contributed by atoms with Crippen LogP contribution in [0.4, 0.5) is 21.9 Å². The highest BCUT2D eigenvalue weighted by molar-refractivity contribution is 7.98. The summed E-state index contributed by atoms with van der Waals surface area (Å²) in [5, 5.41) is 47.5. The third-order valence-electron chi connectivity index (χ3n) is 15.9. The average molecular weight is 1490 g/mol. The van der Waals surface area contributed by atoms with Crippen LogP contribution >= 0.6 is 35.0 Å². The number of carbonyl (C=O) groups excluding carboxylic acids is 11. The van der Waals surface area contributed by atoms with Crippen LogP contribution in [0.25, 0.3) is 16.6 Å². The van der Waals surface area contributed by atoms with E-state index in [9.17, 15) is 73.0 Å². The Labute approximate surface area is 609 Å². The highest BCUT2D eigenvalue weighted by Crippen LogP contribution is 2.29. The highest BCUT2D eigenvalue weighted by atomic mass is 35.5. The number of benzene rings is 3. The number of non-ortho nitro benzene ring substituents is 1. The van der Waals surface area contributed by atoms with Gasteiger partial charge in [0.25, 0.3) is 11.4 Å². The Bertz CT molecular complexity index is 3840. The van der Waals surface area contributed by atoms with Gasteiger partial charge in [-0.2, -0.15) is 11.8 Å². The fraction of sp³-hybridized carbons (Fsp3) is 0.493. The minimum atomic E-state index is -1.60. The van der Waals surface area contributed by atoms with Crippen molar-refractivity contribution in [2.24, 2.45) is 23.3 Å². The molecule has 0 aliphatic rings. The van der Waals surface area contributed by atoms with Crippen molar-refractivity contribution in [3.63, 3.8) is 0 Å². The molecule has 0 spiro atoms. The maximum absolute atomic E-state index is 14.7. The van der Waals surface area contributed by atoms with E-state index in [1.54, 1.807) is 103 Å². The molecule has 0 aliphatic heterocycles. The third kappa shape index (κ3) is 26.7. The van der Waals surface area contributed by atoms with E-state index in [2.05, 4.69) is 57.8 Å². The third-order valence-corrected chi connectivity index (χ3v) is 16.8. The number of hydrogen-bond donors (Lipinski definition) is 12. The molecule has 14 N–H and O–H groups in total. The second-order valence-electron chi connectivity index (χ2n) is 26.0. The quantitative estimate of drug-likeness (QED) is 0.0152. The zero-order valence-corrected chi connectivity index (χ0v) is 61.0. The Balaban J connectivity index is 1.37. The fourth-order valence-electron chi connectivity index (χ4n) is 10.7. The van der Waals surface area contributed by atoms with Gasteiger partial charge in [-0.05, 0) is 106 Å². The maximum atomic E-state index is 14.7. The van der Waals surface area contributed by atoms with Crippen molar-refractivity contribution >= 4 is 128 Å². The zero-order chi connectivity index (χ0) is 76.4. The number of aromatic amines is 1. The molecule has 11 amide bonds. The SMILES string of the molecule is CSCC[C@H](NC(=O)[C@H](CC(C)C)NC(=O)[C@H](Cc1cn(-c2ccc([N+](=O)[O-])cc2[N+](=O)[O-])cn1)NC(=O)CNC(=O)[C@@H](NC(=O)[C@H](C)NC(=O)[C@H](Cc1c[nH]c2ccccc12)NC(=O)[C@H](CCC(N)=O)NC(=O)[C@H](Cc1cccc(N(CCCl)CCCl)c1)NC(=O)OC(C)(C)C)C(C)C)C(N)=O. The lowest BCUT2D eigenvalue weighted by Crippen LogP contribution is -2.60. The van der Waals surface area contributed by atoms with E-state index in [4.69, 9.17) is 39.4 Å². The van der Waals surface area contributed by atoms with Crippen molar-refractivity contribution in [1.82, 2.24) is 62.4 Å². The minimum absolute atomic E-state index is 0.0403. The molecular weight excluding hydrogens is 1400 g/mol. The normalized spacial score (nSPS) is 13.7. The summed E-state index contributed by atoms with van der Waals surface area (Å²) < 4.78 is 6.68. The van der Waals surface area contributed by atoms with Crippen LogP contribution in [0.1, 0.15) is 97.9 Å². The number of amides is 11. The second-order valence-corrected chi connectivity index (χ2v) is 27.8. The van der Waals surface area contributed by atoms with Gasteiger partial charge in [-0.1, -0.05) is 58.0 Å². The van der Waals surface area contributed by atoms with Crippen molar-refractivity contribution in [2.45, 2.75) is 154 Å². The van der Waals surface area contributed by atoms with Crippen molar-refractivity contribution < 1.29 is 67.3 Å². The van der Waals surface area contributed by atoms with E-state index in [0.29, 0.717) is 40.9 Å². The lowest BCUT2D eigenvalue weighted by molar-refractivity contribution is -0.394. The number of H-pyrrole nitrogens is 1. The Morgan fingerprint density at radius 1 is 0.680 bits per heavy atom. The summed E-state index contributed by atoms with van der Waals surface area (Å²) in [6.45, 7) is 12.9. The highest BCUT2D eigenvalue weighted by Gasteiger charge is 2.36. The van der Waals surface area contributed by atoms with Gasteiger partial charge in [0, 0.05) is 85.6 Å². The van der Waals surface area contributed by atoms with Crippen LogP contribution in [0, 0.1) is 32.1 Å². The number of nitro benzene ring substituents is 2. The van der Waals surface area contributed by atoms with Crippen LogP contribution in [0.3, 0.4) is 0 Å². The molecule has 0 saturated heterocycles. The van der Waals surface area contributed by atoms with Crippen molar-refractivity contribution in [3.05, 3.63) is 123 Å². The predicted molar refractivity (Wildman–Crippen MR) is 387 cm³/mol. The van der Waals surface area contributed by atoms with Crippen molar-refractivity contribution in [2.75, 3.05) is 48.3 Å². The van der Waals surface area contributed by atoms with E-state index in [1.165, 1.54) is 29.4 Å². The number of halogens is 2. The molecule has 2 aromatic heterocycles. The number of anilines is 1. The van der Waals surface area contributed by atoms with Crippen LogP contribution in [0.2, 0.25) is 0 Å². The molecule has 0 bridgehead atoms. The zero-order valence-electron chi connectivity index (χ0n) is 58.6. The monoisotopic (exact) mass is 1490 g/mol. The summed E-state index contributed by atoms with van der Waals surface area (Å²) in [6, 6.07) is 5.79. The number of ether oxygens (including phenoxy) is 1. The number of primary amides is 2. The number of aromatic nitrogens is 3. The molecule has 0 aliphatic carbocycles. The van der Waals surface area contributed by atoms with Gasteiger partial charge in [-0.15, -0.1) is 23.2 Å². The van der Waals surface area contributed by atoms with Gasteiger partial charge in [0.1, 0.15) is 59.6 Å². The van der Waals surface area contributed by atoms with E-state index >= 15 is 0 Å². The van der Waals surface area contributed by atoms with Gasteiger partial charge in [-0.25, -0.2) is 9.78 Å². The van der Waals surface area contributed by atoms with E-state index < -0.39 is 166 Å². The molecule has 0 fully saturated rings. The van der Waals surface area contributed by atoms with Gasteiger partial charge < -0.3 is 73.9 Å². The smallest absolute Gasteiger partial charge is 0.408 e. The number of nitrogens with two attached hydrogens (primary N) is 2. The lowest BCUT2D eigenvalue weighted by Gasteiger charge is -2.28. The van der Waals surface area contributed by atoms with Crippen LogP contribution < -0.4 is 64.2 Å². The number of hydrogen-bond acceptors (Lipinski definition) is 19. The Morgan fingerprint density at radius 2 is 1.29 bits per heavy atom. The second kappa shape index (κ2) is 39.9. The predicted octanol–water partition coefficient (Wildman–Crippen LogP) is 3.11. The molecule has 2 heterocycles. The van der Waals surface area contributed by atoms with E-state index in [1.807, 2.05) is 11.0 Å². The van der Waals surface area contributed by atoms with Crippen molar-refractivity contribution in [3.8, 4) is 5.69 Å². The number of para-hydroxylation sites is 1. The van der Waals surface area contributed by atoms with Crippen molar-refractivity contribution in [1.29, 1.82) is 0 Å². The average Bonchev–Trinajstić information content (AvgIpc) is 1.77. The standard InChI is InChI=1S/C67H91Cl2N17O16S/c1-37(2)27-49(62(93)77-47(58(71)89)21-26-103-9)79-64(95)52(31-42-35-84(36-74-42)53-19-17-44(85(98)99)32-54(53)86(100)101)76-56(88)34-73-65(96)57(38(3)4)82-59(90)39(5)75-61(92)51(30-41-33-72-46-16-11-10-15-45(41)46)80-60(91)48(18-20-55(70)87)78-63(94)50(81-66(97)102-67(6,7)8)29-40-13-12-14-43(28-40)83(24-22-68)25-23-69/h10-17,19,28,32-33,35-39,47-52,57,72H,18,20-27,29-31,34H2,1-9H3,(H2,70,87)(H2,71,89)(H,73,96)(H,75,92)(H,76,88)(H,77,93)(H,78,94)(H,79,95)(H,80,91)(H,81,97)(H,82,90)/t39-,47-,48-,49-,50-,51-,52-,57-/m0/s1. The number of imidazole rings is 1. The van der Waals surface area contributed by atoms with Gasteiger partial charge in [-0.3, -0.25) is 72.7 Å². The Kier molecular flexibility index (Phi) is 32.4. The number of alkyl halides is 2. The number of alkyl carbamates (subject to hydrolysis) is 1. The number of nitrogens with one attached hydrogen (secondary N) is 10. The largest absolute Gasteiger partial charge is 0.444 e. The van der Waals surface area contributed by atoms with Gasteiger partial charge in [0.05, 0.1) is 34.5 Å². The molecule has 5 aromatic rings. The summed E-state index contributed by atoms with van der Waals surface area (Å²) in [5.74, 6) is -8.78. The topological polar surface area (TPSA) is 480 Å². The van der Waals surface area contributed by atoms with E-state index in [-0.39, 0.29) is 61.2 Å². The molecule has 0 saturated carbocycles. The van der Waals surface area contributed by atoms with Gasteiger partial charge >= 0.3 is 6.09 Å². The number of thioether (sulfide) groups is 1. The van der Waals surface area contributed by atoms with E-state index in [0.717, 1.165) is 30.2 Å². The summed E-state index contributed by atoms with van der Waals surface area (Å²) >= 11 is 13.6. The van der Waals surface area contributed by atoms with Crippen LogP contribution in [-0.4, -0.2) is 187 Å². The molecular formula is C67H91Cl2N17O16S. The first-order valence-corrected chi connectivity index (χ1v) is 35.5. The first-order chi connectivity index (χ1) is 48.6. The summed E-state index contributed by atoms with van der Waals surface area (Å²) in [4.78, 5) is 183. The van der Waals surface area contributed by atoms with Crippen LogP contribution in [0.5, 0.6) is 0 Å². The minimum Gasteiger partial charge on any atom is -0.444 e. The molecule has 0 radical (unpaired) electrons. The first-order valence-electron chi connectivity index (χ1n) is 33.0. The summed E-state index contributed by atoms with van der Waals surface area (Å²) in [6.07, 6.45) is 3.49. The molecule has 3 aromatic carbocycles. The lowest BCUT2D eigenvalue weighted by atomic mass is 10.0. The molecule has 36 heteroatoms. The van der Waals surface area contributed by atoms with Gasteiger partial charge in [0.2, 0.25) is 59.1 Å². The van der Waals surface area contributed by atoms with Gasteiger partial charge in [0.15, 0.2) is 0 Å². The molecule has 560 valence electrons. The van der Waals surface area contributed by atoms with Crippen LogP contribution in [0.15, 0.2) is 85.5 Å². The molecule has 8 atom stereocenters. The fourth-order valence-corrected chi connectivity index (χ4v) is 11.6. The number of nitro groups is 2. The maximum Gasteiger partial charge on any atom is 0.408 e. The number of rotatable bonds is 41. The number of nitrogens with zero attached hydrogens (tertiary/aromatic N) is 5. The molecule has 5 rings (SSSR count). The Morgan fingerprint density at radius 3 is 1.90 bits per heavy atom. The first kappa shape index (κ1) is 83.6. The Hall–Kier alpha value is -10.1. The molecule has 33 nitrogen and oxygen atoms in total. The molecule has 103 heavy (non-hydrogen) atoms.